The molecule has 1 N–H and O–H groups in total. The number of fused-ring (bicyclic) bond motifs is 1. The summed E-state index contributed by atoms with van der Waals surface area (Å²) >= 11 is 0. The lowest BCUT2D eigenvalue weighted by atomic mass is 10.0. The lowest BCUT2D eigenvalue weighted by Gasteiger charge is -2.25. The van der Waals surface area contributed by atoms with Crippen molar-refractivity contribution in [1.82, 2.24) is 4.72 Å². The average molecular weight is 307 g/mol. The van der Waals surface area contributed by atoms with E-state index in [-0.39, 0.29) is 17.5 Å². The van der Waals surface area contributed by atoms with Crippen molar-refractivity contribution in [1.29, 1.82) is 0 Å². The Hall–Kier alpha value is -1.92. The van der Waals surface area contributed by atoms with Gasteiger partial charge in [-0.2, -0.15) is 0 Å². The number of hydrogen-bond donors (Lipinski definition) is 1. The molecule has 0 saturated heterocycles. The van der Waals surface area contributed by atoms with Crippen LogP contribution in [-0.4, -0.2) is 21.1 Å². The topological polar surface area (TPSA) is 55.4 Å². The van der Waals surface area contributed by atoms with Crippen LogP contribution in [0, 0.1) is 5.82 Å². The van der Waals surface area contributed by atoms with Crippen molar-refractivity contribution in [2.75, 3.05) is 6.61 Å². The number of ether oxygens (including phenoxy) is 1. The van der Waals surface area contributed by atoms with Crippen LogP contribution >= 0.6 is 0 Å². The van der Waals surface area contributed by atoms with Crippen LogP contribution in [0.3, 0.4) is 0 Å². The first-order valence-electron chi connectivity index (χ1n) is 6.53. The lowest BCUT2D eigenvalue weighted by Crippen LogP contribution is -2.42. The van der Waals surface area contributed by atoms with Crippen molar-refractivity contribution >= 4 is 10.0 Å². The summed E-state index contributed by atoms with van der Waals surface area (Å²) in [5, 5.41) is 0. The van der Waals surface area contributed by atoms with E-state index in [9.17, 15) is 12.8 Å². The van der Waals surface area contributed by atoms with Crippen molar-refractivity contribution in [3.05, 3.63) is 59.9 Å². The highest BCUT2D eigenvalue weighted by Crippen LogP contribution is 2.24. The monoisotopic (exact) mass is 307 g/mol. The van der Waals surface area contributed by atoms with Gasteiger partial charge in [-0.15, -0.1) is 0 Å². The second kappa shape index (κ2) is 5.46. The van der Waals surface area contributed by atoms with Gasteiger partial charge in [0.15, 0.2) is 0 Å². The summed E-state index contributed by atoms with van der Waals surface area (Å²) in [6.45, 7) is 0.256. The first-order chi connectivity index (χ1) is 10.0. The highest BCUT2D eigenvalue weighted by atomic mass is 32.2. The zero-order valence-electron chi connectivity index (χ0n) is 11.1. The van der Waals surface area contributed by atoms with Crippen LogP contribution in [0.5, 0.6) is 5.75 Å². The molecule has 0 fully saturated rings. The number of benzene rings is 2. The second-order valence-corrected chi connectivity index (χ2v) is 6.61. The molecule has 0 saturated carbocycles. The summed E-state index contributed by atoms with van der Waals surface area (Å²) in [5.74, 6) is 0.196. The number of hydrogen-bond acceptors (Lipinski definition) is 3. The maximum atomic E-state index is 13.2. The molecule has 4 nitrogen and oxygen atoms in total. The normalized spacial score (nSPS) is 17.9. The Bertz CT molecular complexity index is 761. The van der Waals surface area contributed by atoms with Gasteiger partial charge in [-0.05, 0) is 36.2 Å². The number of sulfonamides is 1. The van der Waals surface area contributed by atoms with Crippen LogP contribution in [0.25, 0.3) is 0 Å². The van der Waals surface area contributed by atoms with Crippen molar-refractivity contribution in [2.24, 2.45) is 0 Å². The van der Waals surface area contributed by atoms with E-state index in [4.69, 9.17) is 4.74 Å². The van der Waals surface area contributed by atoms with Crippen LogP contribution in [-0.2, 0) is 16.4 Å². The van der Waals surface area contributed by atoms with Crippen molar-refractivity contribution in [2.45, 2.75) is 17.4 Å². The molecule has 0 aliphatic carbocycles. The summed E-state index contributed by atoms with van der Waals surface area (Å²) in [5.41, 5.74) is 0.954. The number of halogens is 1. The summed E-state index contributed by atoms with van der Waals surface area (Å²) in [4.78, 5) is -0.0821. The van der Waals surface area contributed by atoms with E-state index < -0.39 is 15.8 Å². The molecular weight excluding hydrogens is 293 g/mol. The molecule has 1 aliphatic heterocycles. The molecule has 2 aromatic rings. The minimum absolute atomic E-state index is 0.0821. The minimum atomic E-state index is -3.75. The third kappa shape index (κ3) is 3.06. The molecule has 0 aromatic heterocycles. The molecule has 1 heterocycles. The quantitative estimate of drug-likeness (QED) is 0.945. The molecule has 1 atom stereocenters. The maximum absolute atomic E-state index is 13.2. The SMILES string of the molecule is O=S(=O)(NC1COc2ccccc2C1)c1cccc(F)c1. The predicted molar refractivity (Wildman–Crippen MR) is 76.2 cm³/mol. The number of rotatable bonds is 3. The molecular formula is C15H14FNO3S. The van der Waals surface area contributed by atoms with Gasteiger partial charge in [0, 0.05) is 0 Å². The molecule has 0 amide bonds. The molecule has 110 valence electrons. The van der Waals surface area contributed by atoms with E-state index in [0.29, 0.717) is 6.42 Å². The van der Waals surface area contributed by atoms with Gasteiger partial charge in [0.05, 0.1) is 10.9 Å². The Morgan fingerprint density at radius 3 is 2.76 bits per heavy atom. The Kier molecular flexibility index (Phi) is 3.65. The van der Waals surface area contributed by atoms with Crippen molar-refractivity contribution in [3.63, 3.8) is 0 Å². The van der Waals surface area contributed by atoms with E-state index >= 15 is 0 Å². The van der Waals surface area contributed by atoms with Gasteiger partial charge in [-0.25, -0.2) is 17.5 Å². The molecule has 2 aromatic carbocycles. The maximum Gasteiger partial charge on any atom is 0.241 e. The van der Waals surface area contributed by atoms with E-state index in [0.717, 1.165) is 17.4 Å². The zero-order chi connectivity index (χ0) is 14.9. The Labute approximate surface area is 122 Å². The lowest BCUT2D eigenvalue weighted by molar-refractivity contribution is 0.254. The molecule has 1 unspecified atom stereocenters. The summed E-state index contributed by atoms with van der Waals surface area (Å²) in [6.07, 6.45) is 0.546. The van der Waals surface area contributed by atoms with Crippen LogP contribution in [0.15, 0.2) is 53.4 Å². The van der Waals surface area contributed by atoms with E-state index in [1.165, 1.54) is 18.2 Å². The van der Waals surface area contributed by atoms with E-state index in [2.05, 4.69) is 4.72 Å². The van der Waals surface area contributed by atoms with E-state index in [1.54, 1.807) is 0 Å². The van der Waals surface area contributed by atoms with Crippen LogP contribution in [0.1, 0.15) is 5.56 Å². The predicted octanol–water partition coefficient (Wildman–Crippen LogP) is 2.11. The second-order valence-electron chi connectivity index (χ2n) is 4.90. The Morgan fingerprint density at radius 1 is 1.14 bits per heavy atom. The fourth-order valence-electron chi connectivity index (χ4n) is 2.33. The van der Waals surface area contributed by atoms with Gasteiger partial charge in [0.2, 0.25) is 10.0 Å². The molecule has 0 bridgehead atoms. The number of para-hydroxylation sites is 1. The van der Waals surface area contributed by atoms with Gasteiger partial charge in [0.25, 0.3) is 0 Å². The highest BCUT2D eigenvalue weighted by Gasteiger charge is 2.25. The Balaban J connectivity index is 1.78. The van der Waals surface area contributed by atoms with Gasteiger partial charge >= 0.3 is 0 Å². The average Bonchev–Trinajstić information content (AvgIpc) is 2.47. The highest BCUT2D eigenvalue weighted by molar-refractivity contribution is 7.89. The fraction of sp³-hybridized carbons (Fsp3) is 0.200. The molecule has 3 rings (SSSR count). The first-order valence-corrected chi connectivity index (χ1v) is 8.01. The van der Waals surface area contributed by atoms with Gasteiger partial charge in [-0.3, -0.25) is 0 Å². The third-order valence-corrected chi connectivity index (χ3v) is 4.83. The standard InChI is InChI=1S/C15H14FNO3S/c16-12-5-3-6-14(9-12)21(18,19)17-13-8-11-4-1-2-7-15(11)20-10-13/h1-7,9,13,17H,8,10H2. The fourth-order valence-corrected chi connectivity index (χ4v) is 3.58. The van der Waals surface area contributed by atoms with Gasteiger partial charge < -0.3 is 4.74 Å². The molecule has 21 heavy (non-hydrogen) atoms. The van der Waals surface area contributed by atoms with Gasteiger partial charge in [-0.1, -0.05) is 24.3 Å². The minimum Gasteiger partial charge on any atom is -0.492 e. The molecule has 1 aliphatic rings. The summed E-state index contributed by atoms with van der Waals surface area (Å²) in [6, 6.07) is 12.1. The summed E-state index contributed by atoms with van der Waals surface area (Å²) in [7, 11) is -3.75. The molecule has 0 radical (unpaired) electrons. The van der Waals surface area contributed by atoms with Crippen molar-refractivity contribution in [3.8, 4) is 5.75 Å². The van der Waals surface area contributed by atoms with Crippen LogP contribution in [0.2, 0.25) is 0 Å². The smallest absolute Gasteiger partial charge is 0.241 e. The largest absolute Gasteiger partial charge is 0.492 e. The Morgan fingerprint density at radius 2 is 1.95 bits per heavy atom. The zero-order valence-corrected chi connectivity index (χ0v) is 11.9. The molecule has 0 spiro atoms. The number of nitrogens with one attached hydrogen (secondary N) is 1. The summed E-state index contributed by atoms with van der Waals surface area (Å²) < 4.78 is 45.7. The first kappa shape index (κ1) is 14.0. The van der Waals surface area contributed by atoms with Gasteiger partial charge in [0.1, 0.15) is 18.2 Å². The third-order valence-electron chi connectivity index (χ3n) is 3.31. The molecule has 6 heteroatoms. The van der Waals surface area contributed by atoms with E-state index in [1.807, 2.05) is 24.3 Å². The van der Waals surface area contributed by atoms with Crippen LogP contribution in [0.4, 0.5) is 4.39 Å². The van der Waals surface area contributed by atoms with Crippen LogP contribution < -0.4 is 9.46 Å². The van der Waals surface area contributed by atoms with Crippen molar-refractivity contribution < 1.29 is 17.5 Å².